The molecule has 0 aliphatic heterocycles. The van der Waals surface area contributed by atoms with Gasteiger partial charge in [0.15, 0.2) is 0 Å². The number of hydrogen-bond donors (Lipinski definition) is 1. The van der Waals surface area contributed by atoms with Crippen molar-refractivity contribution >= 4 is 11.9 Å². The summed E-state index contributed by atoms with van der Waals surface area (Å²) in [6.45, 7) is 5.01. The Balaban J connectivity index is 3.17. The number of carbonyl (C=O) groups is 2. The number of hydrogen-bond acceptors (Lipinski definition) is 3. The lowest BCUT2D eigenvalue weighted by atomic mass is 10.0. The number of aliphatic carboxylic acids is 1. The molecule has 0 aliphatic carbocycles. The second-order valence-corrected chi connectivity index (χ2v) is 6.13. The van der Waals surface area contributed by atoms with Crippen LogP contribution in [0.25, 0.3) is 0 Å². The highest BCUT2D eigenvalue weighted by atomic mass is 16.5. The highest BCUT2D eigenvalue weighted by Gasteiger charge is 2.04. The molecule has 0 amide bonds. The molecule has 0 aromatic carbocycles. The van der Waals surface area contributed by atoms with E-state index >= 15 is 0 Å². The van der Waals surface area contributed by atoms with Gasteiger partial charge in [-0.15, -0.1) is 0 Å². The maximum Gasteiger partial charge on any atom is 0.305 e. The number of carboxylic acid groups (broad SMARTS) is 1. The second-order valence-electron chi connectivity index (χ2n) is 6.13. The van der Waals surface area contributed by atoms with E-state index in [0.29, 0.717) is 13.0 Å². The summed E-state index contributed by atoms with van der Waals surface area (Å²) in [6.07, 6.45) is 10.4. The van der Waals surface area contributed by atoms with Gasteiger partial charge in [0.2, 0.25) is 0 Å². The molecule has 4 heteroatoms. The van der Waals surface area contributed by atoms with Crippen LogP contribution >= 0.6 is 0 Å². The fourth-order valence-corrected chi connectivity index (χ4v) is 2.18. The molecule has 0 fully saturated rings. The van der Waals surface area contributed by atoms with E-state index in [4.69, 9.17) is 9.84 Å². The van der Waals surface area contributed by atoms with Gasteiger partial charge in [-0.1, -0.05) is 58.8 Å². The fraction of sp³-hybridized carbons (Fsp3) is 0.882. The number of rotatable bonds is 14. The van der Waals surface area contributed by atoms with Crippen LogP contribution in [0, 0.1) is 5.92 Å². The van der Waals surface area contributed by atoms with Crippen molar-refractivity contribution in [2.45, 2.75) is 84.5 Å². The molecule has 0 spiro atoms. The summed E-state index contributed by atoms with van der Waals surface area (Å²) in [5, 5.41) is 8.45. The molecule has 0 unspecified atom stereocenters. The molecule has 0 atom stereocenters. The molecule has 0 aromatic heterocycles. The number of ether oxygens (including phenoxy) is 1. The Labute approximate surface area is 129 Å². The number of carbonyl (C=O) groups excluding carboxylic acids is 1. The van der Waals surface area contributed by atoms with E-state index in [9.17, 15) is 9.59 Å². The van der Waals surface area contributed by atoms with E-state index in [-0.39, 0.29) is 18.8 Å². The predicted octanol–water partition coefficient (Wildman–Crippen LogP) is 4.56. The lowest BCUT2D eigenvalue weighted by molar-refractivity contribution is -0.144. The lowest BCUT2D eigenvalue weighted by Crippen LogP contribution is -2.06. The van der Waals surface area contributed by atoms with Crippen LogP contribution in [0.1, 0.15) is 84.5 Å². The zero-order valence-corrected chi connectivity index (χ0v) is 13.7. The van der Waals surface area contributed by atoms with Crippen LogP contribution in [-0.2, 0) is 14.3 Å². The molecular weight excluding hydrogens is 268 g/mol. The summed E-state index contributed by atoms with van der Waals surface area (Å²) >= 11 is 0. The van der Waals surface area contributed by atoms with E-state index in [0.717, 1.165) is 18.8 Å². The minimum atomic E-state index is -0.865. The van der Waals surface area contributed by atoms with Crippen molar-refractivity contribution in [2.75, 3.05) is 6.61 Å². The van der Waals surface area contributed by atoms with Crippen molar-refractivity contribution < 1.29 is 19.4 Å². The van der Waals surface area contributed by atoms with Gasteiger partial charge in [0.05, 0.1) is 6.61 Å². The SMILES string of the molecule is CC(C)CCCCCCCCCOC(=O)CCCC(=O)O. The van der Waals surface area contributed by atoms with E-state index in [1.807, 2.05) is 0 Å². The monoisotopic (exact) mass is 300 g/mol. The topological polar surface area (TPSA) is 63.6 Å². The van der Waals surface area contributed by atoms with Crippen LogP contribution in [0.15, 0.2) is 0 Å². The van der Waals surface area contributed by atoms with Crippen molar-refractivity contribution in [3.8, 4) is 0 Å². The van der Waals surface area contributed by atoms with Crippen LogP contribution in [-0.4, -0.2) is 23.7 Å². The van der Waals surface area contributed by atoms with Gasteiger partial charge in [0, 0.05) is 12.8 Å². The Morgan fingerprint density at radius 2 is 1.43 bits per heavy atom. The van der Waals surface area contributed by atoms with Crippen LogP contribution in [0.2, 0.25) is 0 Å². The fourth-order valence-electron chi connectivity index (χ4n) is 2.18. The van der Waals surface area contributed by atoms with Gasteiger partial charge >= 0.3 is 11.9 Å². The maximum atomic E-state index is 11.3. The minimum absolute atomic E-state index is 0.0336. The average Bonchev–Trinajstić information content (AvgIpc) is 2.40. The Morgan fingerprint density at radius 3 is 2.00 bits per heavy atom. The molecule has 124 valence electrons. The van der Waals surface area contributed by atoms with Gasteiger partial charge in [-0.3, -0.25) is 9.59 Å². The summed E-state index contributed by atoms with van der Waals surface area (Å²) in [5.74, 6) is -0.323. The predicted molar refractivity (Wildman–Crippen MR) is 84.2 cm³/mol. The van der Waals surface area contributed by atoms with Gasteiger partial charge in [-0.2, -0.15) is 0 Å². The first-order valence-corrected chi connectivity index (χ1v) is 8.39. The highest BCUT2D eigenvalue weighted by molar-refractivity contribution is 5.71. The summed E-state index contributed by atoms with van der Waals surface area (Å²) < 4.78 is 5.06. The number of carboxylic acids is 1. The second kappa shape index (κ2) is 13.9. The zero-order valence-electron chi connectivity index (χ0n) is 13.7. The zero-order chi connectivity index (χ0) is 15.9. The van der Waals surface area contributed by atoms with Gasteiger partial charge in [-0.25, -0.2) is 0 Å². The van der Waals surface area contributed by atoms with Crippen LogP contribution in [0.4, 0.5) is 0 Å². The molecule has 1 N–H and O–H groups in total. The largest absolute Gasteiger partial charge is 0.481 e. The Kier molecular flexibility index (Phi) is 13.2. The third-order valence-electron chi connectivity index (χ3n) is 3.46. The Hall–Kier alpha value is -1.06. The summed E-state index contributed by atoms with van der Waals surface area (Å²) in [5.41, 5.74) is 0. The van der Waals surface area contributed by atoms with E-state index < -0.39 is 5.97 Å². The van der Waals surface area contributed by atoms with Crippen molar-refractivity contribution in [3.63, 3.8) is 0 Å². The smallest absolute Gasteiger partial charge is 0.305 e. The number of esters is 1. The van der Waals surface area contributed by atoms with E-state index in [2.05, 4.69) is 13.8 Å². The van der Waals surface area contributed by atoms with E-state index in [1.165, 1.54) is 38.5 Å². The minimum Gasteiger partial charge on any atom is -0.481 e. The van der Waals surface area contributed by atoms with Gasteiger partial charge in [0.1, 0.15) is 0 Å². The first-order chi connectivity index (χ1) is 10.0. The maximum absolute atomic E-state index is 11.3. The van der Waals surface area contributed by atoms with Crippen molar-refractivity contribution in [1.29, 1.82) is 0 Å². The van der Waals surface area contributed by atoms with Gasteiger partial charge in [0.25, 0.3) is 0 Å². The standard InChI is InChI=1S/C17H32O4/c1-15(2)11-8-6-4-3-5-7-9-14-21-17(20)13-10-12-16(18)19/h15H,3-14H2,1-2H3,(H,18,19). The summed E-state index contributed by atoms with van der Waals surface area (Å²) in [6, 6.07) is 0. The van der Waals surface area contributed by atoms with E-state index in [1.54, 1.807) is 0 Å². The van der Waals surface area contributed by atoms with Gasteiger partial charge < -0.3 is 9.84 Å². The molecule has 0 saturated carbocycles. The molecule has 0 radical (unpaired) electrons. The molecule has 0 aliphatic rings. The normalized spacial score (nSPS) is 10.8. The molecule has 0 rings (SSSR count). The first-order valence-electron chi connectivity index (χ1n) is 8.39. The number of unbranched alkanes of at least 4 members (excludes halogenated alkanes) is 6. The molecule has 4 nitrogen and oxygen atoms in total. The lowest BCUT2D eigenvalue weighted by Gasteiger charge is -2.05. The van der Waals surface area contributed by atoms with Crippen molar-refractivity contribution in [1.82, 2.24) is 0 Å². The Morgan fingerprint density at radius 1 is 0.857 bits per heavy atom. The van der Waals surface area contributed by atoms with Gasteiger partial charge in [-0.05, 0) is 18.8 Å². The molecule has 0 saturated heterocycles. The molecule has 0 heterocycles. The molecular formula is C17H32O4. The third-order valence-corrected chi connectivity index (χ3v) is 3.46. The van der Waals surface area contributed by atoms with Crippen LogP contribution < -0.4 is 0 Å². The first kappa shape index (κ1) is 19.9. The van der Waals surface area contributed by atoms with Crippen LogP contribution in [0.5, 0.6) is 0 Å². The molecule has 0 bridgehead atoms. The molecule has 21 heavy (non-hydrogen) atoms. The quantitative estimate of drug-likeness (QED) is 0.377. The van der Waals surface area contributed by atoms with Crippen molar-refractivity contribution in [2.24, 2.45) is 5.92 Å². The third kappa shape index (κ3) is 16.9. The summed E-state index contributed by atoms with van der Waals surface area (Å²) in [4.78, 5) is 21.6. The average molecular weight is 300 g/mol. The van der Waals surface area contributed by atoms with Crippen molar-refractivity contribution in [3.05, 3.63) is 0 Å². The summed E-state index contributed by atoms with van der Waals surface area (Å²) in [7, 11) is 0. The van der Waals surface area contributed by atoms with Crippen LogP contribution in [0.3, 0.4) is 0 Å². The highest BCUT2D eigenvalue weighted by Crippen LogP contribution is 2.12. The Bertz CT molecular complexity index is 274. The molecule has 0 aromatic rings.